The van der Waals surface area contributed by atoms with E-state index in [0.29, 0.717) is 29.2 Å². The first-order valence-electron chi connectivity index (χ1n) is 7.06. The van der Waals surface area contributed by atoms with Crippen molar-refractivity contribution in [3.8, 4) is 0 Å². The van der Waals surface area contributed by atoms with Crippen LogP contribution in [-0.4, -0.2) is 19.3 Å². The average molecular weight is 280 g/mol. The van der Waals surface area contributed by atoms with Crippen molar-refractivity contribution in [1.82, 2.24) is 0 Å². The Hall–Kier alpha value is -0.870. The van der Waals surface area contributed by atoms with Gasteiger partial charge in [0, 0.05) is 5.56 Å². The minimum Gasteiger partial charge on any atom is -0.385 e. The Kier molecular flexibility index (Phi) is 3.18. The summed E-state index contributed by atoms with van der Waals surface area (Å²) in [6.07, 6.45) is 5.85. The normalized spacial score (nSPS) is 30.2. The Balaban J connectivity index is 1.99. The van der Waals surface area contributed by atoms with Crippen molar-refractivity contribution in [2.24, 2.45) is 5.92 Å². The third-order valence-corrected chi connectivity index (χ3v) is 6.38. The summed E-state index contributed by atoms with van der Waals surface area (Å²) in [7, 11) is -3.21. The second-order valence-corrected chi connectivity index (χ2v) is 8.03. The summed E-state index contributed by atoms with van der Waals surface area (Å²) in [6, 6.07) is 6.96. The molecule has 19 heavy (non-hydrogen) atoms. The summed E-state index contributed by atoms with van der Waals surface area (Å²) in [4.78, 5) is 0.335. The third-order valence-electron chi connectivity index (χ3n) is 4.61. The van der Waals surface area contributed by atoms with Gasteiger partial charge in [-0.1, -0.05) is 43.9 Å². The monoisotopic (exact) mass is 280 g/mol. The number of benzene rings is 1. The molecule has 1 saturated carbocycles. The van der Waals surface area contributed by atoms with Gasteiger partial charge >= 0.3 is 0 Å². The average Bonchev–Trinajstić information content (AvgIpc) is 2.88. The van der Waals surface area contributed by atoms with Crippen molar-refractivity contribution in [3.63, 3.8) is 0 Å². The van der Waals surface area contributed by atoms with Crippen LogP contribution in [0.2, 0.25) is 0 Å². The van der Waals surface area contributed by atoms with E-state index in [1.54, 1.807) is 18.2 Å². The lowest BCUT2D eigenvalue weighted by molar-refractivity contribution is 0.00364. The molecule has 0 bridgehead atoms. The van der Waals surface area contributed by atoms with Gasteiger partial charge in [0.15, 0.2) is 9.84 Å². The van der Waals surface area contributed by atoms with E-state index < -0.39 is 15.4 Å². The van der Waals surface area contributed by atoms with Crippen LogP contribution in [0.4, 0.5) is 0 Å². The Morgan fingerprint density at radius 2 is 1.89 bits per heavy atom. The summed E-state index contributed by atoms with van der Waals surface area (Å²) < 4.78 is 24.2. The molecule has 2 aliphatic rings. The molecule has 104 valence electrons. The molecular weight excluding hydrogens is 260 g/mol. The van der Waals surface area contributed by atoms with Crippen LogP contribution in [0, 0.1) is 5.92 Å². The van der Waals surface area contributed by atoms with Gasteiger partial charge in [0.25, 0.3) is 0 Å². The smallest absolute Gasteiger partial charge is 0.178 e. The summed E-state index contributed by atoms with van der Waals surface area (Å²) in [5.41, 5.74) is -0.329. The molecule has 1 heterocycles. The predicted molar refractivity (Wildman–Crippen MR) is 73.6 cm³/mol. The first kappa shape index (κ1) is 13.1. The van der Waals surface area contributed by atoms with Crippen LogP contribution in [0.25, 0.3) is 0 Å². The number of aliphatic hydroxyl groups is 1. The Labute approximate surface area is 114 Å². The largest absolute Gasteiger partial charge is 0.385 e. The highest BCUT2D eigenvalue weighted by atomic mass is 32.2. The molecule has 0 radical (unpaired) electrons. The number of sulfone groups is 1. The number of hydrogen-bond acceptors (Lipinski definition) is 3. The Bertz CT molecular complexity index is 573. The number of fused-ring (bicyclic) bond motifs is 1. The van der Waals surface area contributed by atoms with Gasteiger partial charge in [-0.15, -0.1) is 0 Å². The minimum atomic E-state index is -3.21. The van der Waals surface area contributed by atoms with E-state index in [4.69, 9.17) is 0 Å². The fourth-order valence-electron chi connectivity index (χ4n) is 3.57. The minimum absolute atomic E-state index is 0.0627. The van der Waals surface area contributed by atoms with Gasteiger partial charge in [-0.05, 0) is 24.8 Å². The molecule has 1 atom stereocenters. The van der Waals surface area contributed by atoms with Crippen LogP contribution in [0.5, 0.6) is 0 Å². The van der Waals surface area contributed by atoms with Gasteiger partial charge in [0.05, 0.1) is 16.2 Å². The highest BCUT2D eigenvalue weighted by molar-refractivity contribution is 7.91. The Morgan fingerprint density at radius 3 is 2.63 bits per heavy atom. The molecule has 0 aromatic heterocycles. The zero-order valence-corrected chi connectivity index (χ0v) is 11.8. The van der Waals surface area contributed by atoms with Gasteiger partial charge in [0.2, 0.25) is 0 Å². The molecule has 4 heteroatoms. The maximum Gasteiger partial charge on any atom is 0.178 e. The summed E-state index contributed by atoms with van der Waals surface area (Å²) >= 11 is 0. The summed E-state index contributed by atoms with van der Waals surface area (Å²) in [5, 5.41) is 11.0. The molecule has 0 spiro atoms. The van der Waals surface area contributed by atoms with Crippen molar-refractivity contribution in [2.45, 2.75) is 49.0 Å². The molecule has 3 rings (SSSR count). The number of hydrogen-bond donors (Lipinski definition) is 1. The van der Waals surface area contributed by atoms with E-state index in [-0.39, 0.29) is 5.75 Å². The summed E-state index contributed by atoms with van der Waals surface area (Å²) in [5.74, 6) is 0.603. The van der Waals surface area contributed by atoms with E-state index in [9.17, 15) is 13.5 Å². The number of rotatable bonds is 2. The highest BCUT2D eigenvalue weighted by Gasteiger charge is 2.41. The maximum absolute atomic E-state index is 12.1. The highest BCUT2D eigenvalue weighted by Crippen LogP contribution is 2.43. The van der Waals surface area contributed by atoms with Gasteiger partial charge in [-0.25, -0.2) is 8.42 Å². The predicted octanol–water partition coefficient (Wildman–Crippen LogP) is 2.63. The SMILES string of the molecule is O=S1(=O)CCC(O)(CC2CCCC2)c2ccccc21. The molecule has 1 fully saturated rings. The van der Waals surface area contributed by atoms with Crippen molar-refractivity contribution in [2.75, 3.05) is 5.75 Å². The lowest BCUT2D eigenvalue weighted by atomic mass is 9.81. The molecule has 1 N–H and O–H groups in total. The zero-order valence-electron chi connectivity index (χ0n) is 11.0. The van der Waals surface area contributed by atoms with E-state index in [2.05, 4.69) is 0 Å². The molecule has 3 nitrogen and oxygen atoms in total. The Morgan fingerprint density at radius 1 is 1.21 bits per heavy atom. The van der Waals surface area contributed by atoms with E-state index >= 15 is 0 Å². The lowest BCUT2D eigenvalue weighted by Gasteiger charge is -2.36. The van der Waals surface area contributed by atoms with E-state index in [1.807, 2.05) is 6.07 Å². The van der Waals surface area contributed by atoms with Crippen LogP contribution < -0.4 is 0 Å². The second kappa shape index (κ2) is 4.60. The van der Waals surface area contributed by atoms with Gasteiger partial charge < -0.3 is 5.11 Å². The van der Waals surface area contributed by atoms with Crippen molar-refractivity contribution >= 4 is 9.84 Å². The quantitative estimate of drug-likeness (QED) is 0.906. The molecule has 1 aliphatic heterocycles. The molecule has 0 saturated heterocycles. The van der Waals surface area contributed by atoms with Crippen LogP contribution in [0.15, 0.2) is 29.2 Å². The first-order valence-corrected chi connectivity index (χ1v) is 8.71. The topological polar surface area (TPSA) is 54.4 Å². The molecule has 1 aromatic rings. The molecule has 1 unspecified atom stereocenters. The van der Waals surface area contributed by atoms with Crippen LogP contribution >= 0.6 is 0 Å². The third kappa shape index (κ3) is 2.32. The van der Waals surface area contributed by atoms with Crippen LogP contribution in [0.1, 0.15) is 44.1 Å². The van der Waals surface area contributed by atoms with Gasteiger partial charge in [-0.2, -0.15) is 0 Å². The second-order valence-electron chi connectivity index (χ2n) is 5.95. The van der Waals surface area contributed by atoms with Crippen LogP contribution in [-0.2, 0) is 15.4 Å². The fourth-order valence-corrected chi connectivity index (χ4v) is 5.28. The van der Waals surface area contributed by atoms with E-state index in [1.165, 1.54) is 12.8 Å². The lowest BCUT2D eigenvalue weighted by Crippen LogP contribution is -2.36. The first-order chi connectivity index (χ1) is 9.01. The van der Waals surface area contributed by atoms with Crippen molar-refractivity contribution < 1.29 is 13.5 Å². The summed E-state index contributed by atoms with van der Waals surface area (Å²) in [6.45, 7) is 0. The molecule has 0 amide bonds. The standard InChI is InChI=1S/C15H20O3S/c16-15(11-12-5-1-2-6-12)9-10-19(17,18)14-8-4-3-7-13(14)15/h3-4,7-8,12,16H,1-2,5-6,9-11H2. The molecular formula is C15H20O3S. The van der Waals surface area contributed by atoms with Gasteiger partial charge in [-0.3, -0.25) is 0 Å². The maximum atomic E-state index is 12.1. The van der Waals surface area contributed by atoms with E-state index in [0.717, 1.165) is 12.8 Å². The van der Waals surface area contributed by atoms with Crippen molar-refractivity contribution in [3.05, 3.63) is 29.8 Å². The van der Waals surface area contributed by atoms with Gasteiger partial charge in [0.1, 0.15) is 0 Å². The molecule has 1 aliphatic carbocycles. The van der Waals surface area contributed by atoms with Crippen molar-refractivity contribution in [1.29, 1.82) is 0 Å². The van der Waals surface area contributed by atoms with Crippen LogP contribution in [0.3, 0.4) is 0 Å². The fraction of sp³-hybridized carbons (Fsp3) is 0.600. The zero-order chi connectivity index (χ0) is 13.5. The molecule has 1 aromatic carbocycles.